The summed E-state index contributed by atoms with van der Waals surface area (Å²) in [5.41, 5.74) is 2.87. The van der Waals surface area contributed by atoms with Crippen LogP contribution < -0.4 is 5.43 Å². The van der Waals surface area contributed by atoms with Gasteiger partial charge in [-0.3, -0.25) is 15.5 Å². The maximum absolute atomic E-state index is 12.7. The summed E-state index contributed by atoms with van der Waals surface area (Å²) in [6.07, 6.45) is 1.42. The van der Waals surface area contributed by atoms with Crippen LogP contribution in [0.15, 0.2) is 52.5 Å². The van der Waals surface area contributed by atoms with Crippen molar-refractivity contribution >= 4 is 27.6 Å². The normalized spacial score (nSPS) is 15.6. The summed E-state index contributed by atoms with van der Waals surface area (Å²) < 4.78 is 31.7. The van der Waals surface area contributed by atoms with Crippen LogP contribution in [0.5, 0.6) is 5.75 Å². The topological polar surface area (TPSA) is 134 Å². The van der Waals surface area contributed by atoms with Gasteiger partial charge in [0.25, 0.3) is 5.69 Å². The summed E-state index contributed by atoms with van der Waals surface area (Å²) in [4.78, 5) is 10.6. The Bertz CT molecular complexity index is 985. The maximum Gasteiger partial charge on any atom is 0.295 e. The summed E-state index contributed by atoms with van der Waals surface area (Å²) in [6, 6.07) is 9.82. The van der Waals surface area contributed by atoms with Gasteiger partial charge in [-0.1, -0.05) is 0 Å². The van der Waals surface area contributed by atoms with E-state index < -0.39 is 20.6 Å². The number of ether oxygens (including phenoxy) is 1. The van der Waals surface area contributed by atoms with Crippen molar-refractivity contribution in [2.45, 2.75) is 4.90 Å². The Balaban J connectivity index is 1.83. The average molecular weight is 406 g/mol. The molecule has 10 nitrogen and oxygen atoms in total. The summed E-state index contributed by atoms with van der Waals surface area (Å²) >= 11 is 0. The average Bonchev–Trinajstić information content (AvgIpc) is 2.70. The molecule has 0 aliphatic carbocycles. The number of phenols is 1. The van der Waals surface area contributed by atoms with E-state index in [9.17, 15) is 23.6 Å². The first-order valence-electron chi connectivity index (χ1n) is 8.32. The van der Waals surface area contributed by atoms with Crippen LogP contribution in [-0.2, 0) is 14.8 Å². The van der Waals surface area contributed by atoms with Gasteiger partial charge in [0.2, 0.25) is 10.0 Å². The number of rotatable bonds is 6. The lowest BCUT2D eigenvalue weighted by molar-refractivity contribution is -0.384. The first-order valence-corrected chi connectivity index (χ1v) is 9.76. The molecule has 0 saturated carbocycles. The van der Waals surface area contributed by atoms with Gasteiger partial charge in [-0.15, -0.1) is 0 Å². The number of benzene rings is 2. The predicted octanol–water partition coefficient (Wildman–Crippen LogP) is 1.77. The molecule has 28 heavy (non-hydrogen) atoms. The minimum atomic E-state index is -3.84. The van der Waals surface area contributed by atoms with Crippen LogP contribution in [0.2, 0.25) is 0 Å². The van der Waals surface area contributed by atoms with Crippen molar-refractivity contribution in [2.24, 2.45) is 5.10 Å². The van der Waals surface area contributed by atoms with Crippen molar-refractivity contribution in [1.82, 2.24) is 4.31 Å². The Labute approximate surface area is 161 Å². The quantitative estimate of drug-likeness (QED) is 0.424. The van der Waals surface area contributed by atoms with Crippen LogP contribution in [-0.4, -0.2) is 55.3 Å². The Hall–Kier alpha value is -3.02. The molecule has 2 aromatic rings. The first-order chi connectivity index (χ1) is 13.4. The Morgan fingerprint density at radius 3 is 2.50 bits per heavy atom. The van der Waals surface area contributed by atoms with Crippen molar-refractivity contribution in [2.75, 3.05) is 31.7 Å². The lowest BCUT2D eigenvalue weighted by atomic mass is 10.2. The molecule has 1 aliphatic heterocycles. The molecular formula is C17H18N4O6S. The fraction of sp³-hybridized carbons (Fsp3) is 0.235. The fourth-order valence-corrected chi connectivity index (χ4v) is 4.02. The molecule has 0 bridgehead atoms. The SMILES string of the molecule is O=[N+]([O-])c1cc(S(=O)(=O)N2CCOCC2)ccc1NN=Cc1ccc(O)cc1. The van der Waals surface area contributed by atoms with Crippen molar-refractivity contribution < 1.29 is 23.2 Å². The molecule has 3 rings (SSSR count). The van der Waals surface area contributed by atoms with E-state index in [1.165, 1.54) is 34.8 Å². The van der Waals surface area contributed by atoms with E-state index in [-0.39, 0.29) is 42.6 Å². The summed E-state index contributed by atoms with van der Waals surface area (Å²) in [5, 5.41) is 24.6. The third-order valence-electron chi connectivity index (χ3n) is 4.07. The lowest BCUT2D eigenvalue weighted by Gasteiger charge is -2.26. The van der Waals surface area contributed by atoms with E-state index in [4.69, 9.17) is 4.74 Å². The number of hydrogen-bond acceptors (Lipinski definition) is 8. The summed E-state index contributed by atoms with van der Waals surface area (Å²) in [7, 11) is -3.84. The third kappa shape index (κ3) is 4.44. The molecule has 148 valence electrons. The lowest BCUT2D eigenvalue weighted by Crippen LogP contribution is -2.40. The number of nitro benzene ring substituents is 1. The van der Waals surface area contributed by atoms with Gasteiger partial charge < -0.3 is 9.84 Å². The fourth-order valence-electron chi connectivity index (χ4n) is 2.59. The van der Waals surface area contributed by atoms with Crippen molar-refractivity contribution in [3.63, 3.8) is 0 Å². The van der Waals surface area contributed by atoms with Crippen LogP contribution in [0.1, 0.15) is 5.56 Å². The second-order valence-corrected chi connectivity index (χ2v) is 7.85. The number of nitrogens with one attached hydrogen (secondary N) is 1. The highest BCUT2D eigenvalue weighted by Gasteiger charge is 2.28. The van der Waals surface area contributed by atoms with Crippen molar-refractivity contribution in [3.05, 3.63) is 58.1 Å². The first kappa shape index (κ1) is 19.7. The molecular weight excluding hydrogens is 388 g/mol. The number of nitro groups is 1. The van der Waals surface area contributed by atoms with Crippen LogP contribution in [0.25, 0.3) is 0 Å². The molecule has 0 atom stereocenters. The zero-order valence-corrected chi connectivity index (χ0v) is 15.5. The summed E-state index contributed by atoms with van der Waals surface area (Å²) in [5.74, 6) is 0.109. The molecule has 2 N–H and O–H groups in total. The minimum Gasteiger partial charge on any atom is -0.508 e. The Morgan fingerprint density at radius 2 is 1.86 bits per heavy atom. The van der Waals surface area contributed by atoms with Gasteiger partial charge in [0.15, 0.2) is 0 Å². The molecule has 2 aromatic carbocycles. The predicted molar refractivity (Wildman–Crippen MR) is 102 cm³/mol. The number of aromatic hydroxyl groups is 1. The molecule has 1 heterocycles. The smallest absolute Gasteiger partial charge is 0.295 e. The van der Waals surface area contributed by atoms with Gasteiger partial charge in [0.1, 0.15) is 11.4 Å². The maximum atomic E-state index is 12.7. The largest absolute Gasteiger partial charge is 0.508 e. The van der Waals surface area contributed by atoms with Gasteiger partial charge >= 0.3 is 0 Å². The number of phenolic OH excluding ortho intramolecular Hbond substituents is 1. The standard InChI is InChI=1S/C17H18N4O6S/c22-14-3-1-13(2-4-14)12-18-19-16-6-5-15(11-17(16)21(23)24)28(25,26)20-7-9-27-10-8-20/h1-6,11-12,19,22H,7-10H2. The number of morpholine rings is 1. The molecule has 1 saturated heterocycles. The van der Waals surface area contributed by atoms with Crippen molar-refractivity contribution in [1.29, 1.82) is 0 Å². The summed E-state index contributed by atoms with van der Waals surface area (Å²) in [6.45, 7) is 0.972. The number of sulfonamides is 1. The van der Waals surface area contributed by atoms with Gasteiger partial charge in [-0.25, -0.2) is 8.42 Å². The van der Waals surface area contributed by atoms with Crippen molar-refractivity contribution in [3.8, 4) is 5.75 Å². The van der Waals surface area contributed by atoms with E-state index in [1.54, 1.807) is 12.1 Å². The van der Waals surface area contributed by atoms with E-state index in [0.717, 1.165) is 6.07 Å². The molecule has 11 heteroatoms. The highest BCUT2D eigenvalue weighted by atomic mass is 32.2. The number of nitrogens with zero attached hydrogens (tertiary/aromatic N) is 3. The zero-order valence-electron chi connectivity index (χ0n) is 14.7. The number of hydrogen-bond donors (Lipinski definition) is 2. The van der Waals surface area contributed by atoms with Gasteiger partial charge in [-0.05, 0) is 42.0 Å². The second kappa shape index (κ2) is 8.33. The molecule has 0 spiro atoms. The molecule has 0 unspecified atom stereocenters. The highest BCUT2D eigenvalue weighted by molar-refractivity contribution is 7.89. The van der Waals surface area contributed by atoms with Gasteiger partial charge in [0.05, 0.1) is 29.2 Å². The third-order valence-corrected chi connectivity index (χ3v) is 5.96. The van der Waals surface area contributed by atoms with Crippen LogP contribution in [0.3, 0.4) is 0 Å². The molecule has 0 aromatic heterocycles. The van der Waals surface area contributed by atoms with Crippen LogP contribution >= 0.6 is 0 Å². The zero-order chi connectivity index (χ0) is 20.1. The van der Waals surface area contributed by atoms with E-state index >= 15 is 0 Å². The second-order valence-electron chi connectivity index (χ2n) is 5.91. The Morgan fingerprint density at radius 1 is 1.18 bits per heavy atom. The van der Waals surface area contributed by atoms with E-state index in [1.807, 2.05) is 0 Å². The van der Waals surface area contributed by atoms with E-state index in [0.29, 0.717) is 5.56 Å². The number of anilines is 1. The molecule has 1 aliphatic rings. The van der Waals surface area contributed by atoms with Gasteiger partial charge in [0, 0.05) is 19.2 Å². The molecule has 0 amide bonds. The van der Waals surface area contributed by atoms with Gasteiger partial charge in [-0.2, -0.15) is 9.41 Å². The van der Waals surface area contributed by atoms with Crippen LogP contribution in [0.4, 0.5) is 11.4 Å². The monoisotopic (exact) mass is 406 g/mol. The minimum absolute atomic E-state index is 0.0564. The van der Waals surface area contributed by atoms with E-state index in [2.05, 4.69) is 10.5 Å². The molecule has 1 fully saturated rings. The highest BCUT2D eigenvalue weighted by Crippen LogP contribution is 2.29. The Kier molecular flexibility index (Phi) is 5.87. The van der Waals surface area contributed by atoms with Crippen LogP contribution in [0, 0.1) is 10.1 Å². The molecule has 0 radical (unpaired) electrons. The number of hydrazone groups is 1.